The molecule has 0 saturated heterocycles. The normalized spacial score (nSPS) is 12.1. The Kier molecular flexibility index (Phi) is 3.72. The number of hydrogen-bond donors (Lipinski definition) is 0. The van der Waals surface area contributed by atoms with E-state index in [1.165, 1.54) is 26.8 Å². The van der Waals surface area contributed by atoms with E-state index in [2.05, 4.69) is 6.58 Å². The van der Waals surface area contributed by atoms with Crippen molar-refractivity contribution < 1.29 is 8.78 Å². The van der Waals surface area contributed by atoms with E-state index in [9.17, 15) is 8.78 Å². The Hall–Kier alpha value is -0.920. The highest BCUT2D eigenvalue weighted by atomic mass is 19.2. The molecule has 0 nitrogen and oxygen atoms in total. The van der Waals surface area contributed by atoms with Crippen molar-refractivity contribution in [2.24, 2.45) is 0 Å². The summed E-state index contributed by atoms with van der Waals surface area (Å²) >= 11 is 0. The lowest BCUT2D eigenvalue weighted by atomic mass is 10.2. The van der Waals surface area contributed by atoms with Crippen LogP contribution in [-0.2, 0) is 0 Å². The van der Waals surface area contributed by atoms with Gasteiger partial charge < -0.3 is 0 Å². The summed E-state index contributed by atoms with van der Waals surface area (Å²) in [5.74, 6) is -1.61. The van der Waals surface area contributed by atoms with Crippen LogP contribution in [0.5, 0.6) is 0 Å². The van der Waals surface area contributed by atoms with Gasteiger partial charge in [-0.05, 0) is 31.9 Å². The minimum absolute atomic E-state index is 0.226. The molecule has 2 heteroatoms. The maximum absolute atomic E-state index is 12.8. The number of hydrogen-bond acceptors (Lipinski definition) is 0. The first-order valence-electron chi connectivity index (χ1n) is 3.32. The number of allylic oxidation sites excluding steroid dienone is 5. The van der Waals surface area contributed by atoms with Crippen LogP contribution >= 0.6 is 0 Å². The van der Waals surface area contributed by atoms with Crippen LogP contribution in [0.25, 0.3) is 0 Å². The maximum Gasteiger partial charge on any atom is 0.161 e. The van der Waals surface area contributed by atoms with Crippen molar-refractivity contribution >= 4 is 0 Å². The molecule has 0 atom stereocenters. The van der Waals surface area contributed by atoms with Crippen LogP contribution in [-0.4, -0.2) is 0 Å². The summed E-state index contributed by atoms with van der Waals surface area (Å²) in [6, 6.07) is 0. The molecule has 0 radical (unpaired) electrons. The Morgan fingerprint density at radius 2 is 1.55 bits per heavy atom. The van der Waals surface area contributed by atoms with Gasteiger partial charge in [0, 0.05) is 0 Å². The van der Waals surface area contributed by atoms with Gasteiger partial charge in [0.05, 0.1) is 0 Å². The predicted molar refractivity (Wildman–Crippen MR) is 43.5 cm³/mol. The third-order valence-electron chi connectivity index (χ3n) is 1.28. The number of halogens is 2. The first-order valence-corrected chi connectivity index (χ1v) is 3.32. The molecule has 62 valence electrons. The van der Waals surface area contributed by atoms with Crippen molar-refractivity contribution in [2.75, 3.05) is 0 Å². The fraction of sp³-hybridized carbons (Fsp3) is 0.333. The smallest absolute Gasteiger partial charge is 0.161 e. The van der Waals surface area contributed by atoms with Gasteiger partial charge in [0.15, 0.2) is 11.7 Å². The molecule has 0 saturated carbocycles. The summed E-state index contributed by atoms with van der Waals surface area (Å²) < 4.78 is 25.6. The first kappa shape index (κ1) is 10.1. The average Bonchev–Trinajstić information content (AvgIpc) is 2.00. The lowest BCUT2D eigenvalue weighted by molar-refractivity contribution is 0.532. The molecule has 0 aromatic heterocycles. The Labute approximate surface area is 65.9 Å². The van der Waals surface area contributed by atoms with Gasteiger partial charge in [0.25, 0.3) is 0 Å². The average molecular weight is 158 g/mol. The van der Waals surface area contributed by atoms with Crippen molar-refractivity contribution in [1.82, 2.24) is 0 Å². The third kappa shape index (κ3) is 2.66. The zero-order valence-corrected chi connectivity index (χ0v) is 7.04. The molecule has 0 aliphatic rings. The summed E-state index contributed by atoms with van der Waals surface area (Å²) in [5, 5.41) is 0. The second-order valence-electron chi connectivity index (χ2n) is 2.52. The van der Waals surface area contributed by atoms with Crippen LogP contribution in [0.15, 0.2) is 35.5 Å². The second kappa shape index (κ2) is 4.06. The summed E-state index contributed by atoms with van der Waals surface area (Å²) in [6.45, 7) is 7.85. The topological polar surface area (TPSA) is 0 Å². The highest BCUT2D eigenvalue weighted by Crippen LogP contribution is 2.21. The van der Waals surface area contributed by atoms with Crippen molar-refractivity contribution in [3.05, 3.63) is 35.5 Å². The minimum atomic E-state index is -0.819. The van der Waals surface area contributed by atoms with Crippen molar-refractivity contribution in [3.63, 3.8) is 0 Å². The van der Waals surface area contributed by atoms with Crippen molar-refractivity contribution in [1.29, 1.82) is 0 Å². The third-order valence-corrected chi connectivity index (χ3v) is 1.28. The largest absolute Gasteiger partial charge is 0.204 e. The molecule has 0 fully saturated rings. The summed E-state index contributed by atoms with van der Waals surface area (Å²) in [5.41, 5.74) is 0.562. The van der Waals surface area contributed by atoms with Crippen LogP contribution in [0, 0.1) is 0 Å². The van der Waals surface area contributed by atoms with Gasteiger partial charge in [-0.1, -0.05) is 12.7 Å². The van der Waals surface area contributed by atoms with E-state index in [0.29, 0.717) is 5.57 Å². The molecule has 0 unspecified atom stereocenters. The highest BCUT2D eigenvalue weighted by molar-refractivity contribution is 5.31. The Bertz CT molecular complexity index is 218. The molecule has 0 spiro atoms. The SMILES string of the molecule is C=C/C(C)=C(/F)C(F)=C(C)C. The molecule has 0 aromatic rings. The standard InChI is InChI=1S/C9H12F2/c1-5-7(4)9(11)8(10)6(2)3/h5H,1H2,2-4H3/b9-7+. The zero-order valence-electron chi connectivity index (χ0n) is 7.04. The lowest BCUT2D eigenvalue weighted by Crippen LogP contribution is -1.83. The van der Waals surface area contributed by atoms with E-state index in [4.69, 9.17) is 0 Å². The fourth-order valence-electron chi connectivity index (χ4n) is 0.482. The minimum Gasteiger partial charge on any atom is -0.204 e. The Morgan fingerprint density at radius 3 is 1.82 bits per heavy atom. The molecular formula is C9H12F2. The van der Waals surface area contributed by atoms with E-state index >= 15 is 0 Å². The monoisotopic (exact) mass is 158 g/mol. The lowest BCUT2D eigenvalue weighted by Gasteiger charge is -1.98. The van der Waals surface area contributed by atoms with Crippen molar-refractivity contribution in [2.45, 2.75) is 20.8 Å². The first-order chi connectivity index (χ1) is 5.00. The van der Waals surface area contributed by atoms with Gasteiger partial charge in [-0.2, -0.15) is 0 Å². The molecule has 0 aromatic carbocycles. The van der Waals surface area contributed by atoms with E-state index < -0.39 is 11.7 Å². The van der Waals surface area contributed by atoms with Gasteiger partial charge in [-0.3, -0.25) is 0 Å². The van der Waals surface area contributed by atoms with Crippen LogP contribution < -0.4 is 0 Å². The van der Waals surface area contributed by atoms with Gasteiger partial charge in [-0.25, -0.2) is 8.78 Å². The van der Waals surface area contributed by atoms with Crippen molar-refractivity contribution in [3.8, 4) is 0 Å². The van der Waals surface area contributed by atoms with E-state index in [0.717, 1.165) is 0 Å². The van der Waals surface area contributed by atoms with Crippen LogP contribution in [0.1, 0.15) is 20.8 Å². The molecule has 0 rings (SSSR count). The van der Waals surface area contributed by atoms with Gasteiger partial charge >= 0.3 is 0 Å². The maximum atomic E-state index is 12.8. The molecule has 0 N–H and O–H groups in total. The molecule has 0 amide bonds. The fourth-order valence-corrected chi connectivity index (χ4v) is 0.482. The summed E-state index contributed by atoms with van der Waals surface area (Å²) in [6.07, 6.45) is 1.29. The summed E-state index contributed by atoms with van der Waals surface area (Å²) in [7, 11) is 0. The molecule has 0 aliphatic heterocycles. The van der Waals surface area contributed by atoms with Gasteiger partial charge in [-0.15, -0.1) is 0 Å². The Morgan fingerprint density at radius 1 is 1.09 bits per heavy atom. The predicted octanol–water partition coefficient (Wildman–Crippen LogP) is 3.68. The van der Waals surface area contributed by atoms with Gasteiger partial charge in [0.2, 0.25) is 0 Å². The zero-order chi connectivity index (χ0) is 9.02. The van der Waals surface area contributed by atoms with E-state index in [-0.39, 0.29) is 5.57 Å². The molecule has 0 heterocycles. The van der Waals surface area contributed by atoms with Crippen LogP contribution in [0.3, 0.4) is 0 Å². The van der Waals surface area contributed by atoms with Crippen LogP contribution in [0.4, 0.5) is 8.78 Å². The molecule has 11 heavy (non-hydrogen) atoms. The van der Waals surface area contributed by atoms with E-state index in [1.807, 2.05) is 0 Å². The molecule has 0 aliphatic carbocycles. The number of rotatable bonds is 2. The summed E-state index contributed by atoms with van der Waals surface area (Å²) in [4.78, 5) is 0. The Balaban J connectivity index is 4.90. The molecule has 0 bridgehead atoms. The van der Waals surface area contributed by atoms with Crippen LogP contribution in [0.2, 0.25) is 0 Å². The van der Waals surface area contributed by atoms with E-state index in [1.54, 1.807) is 0 Å². The highest BCUT2D eigenvalue weighted by Gasteiger charge is 2.06. The quantitative estimate of drug-likeness (QED) is 0.538. The van der Waals surface area contributed by atoms with Gasteiger partial charge in [0.1, 0.15) is 0 Å². The molecular weight excluding hydrogens is 146 g/mol. The second-order valence-corrected chi connectivity index (χ2v) is 2.52.